The topological polar surface area (TPSA) is 86.9 Å². The molecular weight excluding hydrogens is 382 g/mol. The molecule has 0 radical (unpaired) electrons. The van der Waals surface area contributed by atoms with Crippen molar-refractivity contribution < 1.29 is 23.4 Å². The van der Waals surface area contributed by atoms with Gasteiger partial charge >= 0.3 is 0 Å². The lowest BCUT2D eigenvalue weighted by Crippen LogP contribution is -2.34. The van der Waals surface area contributed by atoms with Crippen LogP contribution in [0.25, 0.3) is 11.5 Å². The first kappa shape index (κ1) is 17.1. The lowest BCUT2D eigenvalue weighted by molar-refractivity contribution is -0.134. The van der Waals surface area contributed by atoms with E-state index in [4.69, 9.17) is 18.6 Å². The van der Waals surface area contributed by atoms with Crippen LogP contribution in [0.3, 0.4) is 0 Å². The van der Waals surface area contributed by atoms with Crippen LogP contribution in [0.1, 0.15) is 24.8 Å². The van der Waals surface area contributed by atoms with E-state index in [1.807, 2.05) is 16.8 Å². The molecule has 1 amide bonds. The Morgan fingerprint density at radius 3 is 3.07 bits per heavy atom. The molecule has 1 fully saturated rings. The molecule has 0 spiro atoms. The molecule has 0 saturated carbocycles. The fourth-order valence-corrected chi connectivity index (χ4v) is 4.02. The number of hydrogen-bond acceptors (Lipinski definition) is 8. The maximum Gasteiger partial charge on any atom is 0.261 e. The number of likely N-dealkylation sites (tertiary alicyclic amines) is 1. The summed E-state index contributed by atoms with van der Waals surface area (Å²) in [6.07, 6.45) is 1.68. The number of amides is 1. The van der Waals surface area contributed by atoms with Crippen LogP contribution in [0.15, 0.2) is 39.4 Å². The Morgan fingerprint density at radius 1 is 1.25 bits per heavy atom. The van der Waals surface area contributed by atoms with Gasteiger partial charge in [-0.05, 0) is 36.4 Å². The van der Waals surface area contributed by atoms with Gasteiger partial charge in [0.2, 0.25) is 18.6 Å². The lowest BCUT2D eigenvalue weighted by atomic mass is 10.2. The molecular formula is C19H17N3O5S. The molecule has 0 aliphatic carbocycles. The fraction of sp³-hybridized carbons (Fsp3) is 0.316. The van der Waals surface area contributed by atoms with E-state index in [9.17, 15) is 4.79 Å². The van der Waals surface area contributed by atoms with E-state index in [0.717, 1.165) is 18.4 Å². The Balaban J connectivity index is 1.25. The lowest BCUT2D eigenvalue weighted by Gasteiger charge is -2.22. The van der Waals surface area contributed by atoms with E-state index in [-0.39, 0.29) is 25.3 Å². The monoisotopic (exact) mass is 399 g/mol. The van der Waals surface area contributed by atoms with Gasteiger partial charge in [0.25, 0.3) is 5.91 Å². The van der Waals surface area contributed by atoms with E-state index < -0.39 is 0 Å². The highest BCUT2D eigenvalue weighted by molar-refractivity contribution is 7.08. The predicted octanol–water partition coefficient (Wildman–Crippen LogP) is 3.27. The second-order valence-electron chi connectivity index (χ2n) is 6.51. The largest absolute Gasteiger partial charge is 0.484 e. The molecule has 28 heavy (non-hydrogen) atoms. The third-order valence-corrected chi connectivity index (χ3v) is 5.46. The molecule has 1 aromatic carbocycles. The van der Waals surface area contributed by atoms with Gasteiger partial charge in [-0.3, -0.25) is 4.79 Å². The van der Waals surface area contributed by atoms with Crippen LogP contribution in [0.2, 0.25) is 0 Å². The number of carbonyl (C=O) groups excluding carboxylic acids is 1. The molecule has 2 aliphatic heterocycles. The molecule has 1 saturated heterocycles. The summed E-state index contributed by atoms with van der Waals surface area (Å²) in [5.41, 5.74) is 0.894. The van der Waals surface area contributed by atoms with Crippen molar-refractivity contribution in [3.63, 3.8) is 0 Å². The van der Waals surface area contributed by atoms with Gasteiger partial charge in [0.05, 0.1) is 0 Å². The number of aromatic nitrogens is 2. The summed E-state index contributed by atoms with van der Waals surface area (Å²) in [6.45, 7) is 0.774. The maximum atomic E-state index is 12.7. The molecule has 5 rings (SSSR count). The van der Waals surface area contributed by atoms with Crippen LogP contribution in [-0.4, -0.2) is 40.9 Å². The van der Waals surface area contributed by atoms with Gasteiger partial charge in [0, 0.05) is 23.6 Å². The highest BCUT2D eigenvalue weighted by Gasteiger charge is 2.34. The molecule has 8 nitrogen and oxygen atoms in total. The Labute approximate surface area is 164 Å². The zero-order valence-corrected chi connectivity index (χ0v) is 15.7. The summed E-state index contributed by atoms with van der Waals surface area (Å²) in [4.78, 5) is 14.5. The Bertz CT molecular complexity index is 987. The van der Waals surface area contributed by atoms with E-state index in [0.29, 0.717) is 35.6 Å². The van der Waals surface area contributed by atoms with Crippen LogP contribution in [0, 0.1) is 0 Å². The van der Waals surface area contributed by atoms with Crippen molar-refractivity contribution >= 4 is 17.2 Å². The van der Waals surface area contributed by atoms with Gasteiger partial charge in [-0.25, -0.2) is 0 Å². The number of rotatable bonds is 5. The highest BCUT2D eigenvalue weighted by atomic mass is 32.1. The number of nitrogens with zero attached hydrogens (tertiary/aromatic N) is 3. The average Bonchev–Trinajstić information content (AvgIpc) is 3.50. The smallest absolute Gasteiger partial charge is 0.261 e. The molecule has 3 aromatic rings. The van der Waals surface area contributed by atoms with Gasteiger partial charge in [0.1, 0.15) is 11.8 Å². The van der Waals surface area contributed by atoms with Crippen molar-refractivity contribution in [2.75, 3.05) is 19.9 Å². The van der Waals surface area contributed by atoms with Crippen molar-refractivity contribution in [1.82, 2.24) is 15.1 Å². The first-order chi connectivity index (χ1) is 13.8. The summed E-state index contributed by atoms with van der Waals surface area (Å²) < 4.78 is 22.1. The SMILES string of the molecule is O=C(COc1ccc2c(c1)OCO2)N1CCCC1c1nnc(-c2ccsc2)o1. The molecule has 0 bridgehead atoms. The van der Waals surface area contributed by atoms with Crippen molar-refractivity contribution in [3.8, 4) is 28.7 Å². The van der Waals surface area contributed by atoms with E-state index in [1.165, 1.54) is 0 Å². The second kappa shape index (κ2) is 7.16. The number of hydrogen-bond donors (Lipinski definition) is 0. The minimum Gasteiger partial charge on any atom is -0.484 e. The third-order valence-electron chi connectivity index (χ3n) is 4.77. The van der Waals surface area contributed by atoms with Crippen LogP contribution in [-0.2, 0) is 4.79 Å². The summed E-state index contributed by atoms with van der Waals surface area (Å²) in [7, 11) is 0. The third kappa shape index (κ3) is 3.18. The van der Waals surface area contributed by atoms with Crippen LogP contribution in [0.5, 0.6) is 17.2 Å². The number of carbonyl (C=O) groups is 1. The van der Waals surface area contributed by atoms with Crippen LogP contribution < -0.4 is 14.2 Å². The number of ether oxygens (including phenoxy) is 3. The second-order valence-corrected chi connectivity index (χ2v) is 7.29. The maximum absolute atomic E-state index is 12.7. The fourth-order valence-electron chi connectivity index (χ4n) is 3.39. The number of thiophene rings is 1. The standard InChI is InChI=1S/C19H17N3O5S/c23-17(9-24-13-3-4-15-16(8-13)26-11-25-15)22-6-1-2-14(22)19-21-20-18(27-19)12-5-7-28-10-12/h3-5,7-8,10,14H,1-2,6,9,11H2. The summed E-state index contributed by atoms with van der Waals surface area (Å²) in [5.74, 6) is 2.69. The first-order valence-corrected chi connectivity index (χ1v) is 9.90. The zero-order valence-electron chi connectivity index (χ0n) is 14.9. The molecule has 1 atom stereocenters. The average molecular weight is 399 g/mol. The van der Waals surface area contributed by atoms with Gasteiger partial charge in [-0.15, -0.1) is 10.2 Å². The first-order valence-electron chi connectivity index (χ1n) is 8.96. The summed E-state index contributed by atoms with van der Waals surface area (Å²) in [5, 5.41) is 12.2. The van der Waals surface area contributed by atoms with Gasteiger partial charge in [-0.1, -0.05) is 0 Å². The molecule has 4 heterocycles. The Hall–Kier alpha value is -3.07. The number of fused-ring (bicyclic) bond motifs is 1. The van der Waals surface area contributed by atoms with Gasteiger partial charge in [0.15, 0.2) is 18.1 Å². The van der Waals surface area contributed by atoms with E-state index >= 15 is 0 Å². The molecule has 1 unspecified atom stereocenters. The number of benzene rings is 1. The Morgan fingerprint density at radius 2 is 2.18 bits per heavy atom. The van der Waals surface area contributed by atoms with E-state index in [1.54, 1.807) is 34.4 Å². The van der Waals surface area contributed by atoms with Crippen LogP contribution in [0.4, 0.5) is 0 Å². The normalized spacial score (nSPS) is 17.9. The summed E-state index contributed by atoms with van der Waals surface area (Å²) >= 11 is 1.57. The highest BCUT2D eigenvalue weighted by Crippen LogP contribution is 2.36. The zero-order chi connectivity index (χ0) is 18.9. The van der Waals surface area contributed by atoms with Crippen LogP contribution >= 0.6 is 11.3 Å². The van der Waals surface area contributed by atoms with Crippen molar-refractivity contribution in [2.45, 2.75) is 18.9 Å². The molecule has 144 valence electrons. The van der Waals surface area contributed by atoms with Gasteiger partial charge in [-0.2, -0.15) is 11.3 Å². The predicted molar refractivity (Wildman–Crippen MR) is 99.4 cm³/mol. The quantitative estimate of drug-likeness (QED) is 0.651. The molecule has 2 aliphatic rings. The van der Waals surface area contributed by atoms with E-state index in [2.05, 4.69) is 10.2 Å². The minimum absolute atomic E-state index is 0.0678. The minimum atomic E-state index is -0.215. The van der Waals surface area contributed by atoms with Crippen molar-refractivity contribution in [1.29, 1.82) is 0 Å². The Kier molecular flexibility index (Phi) is 4.36. The van der Waals surface area contributed by atoms with Crippen molar-refractivity contribution in [3.05, 3.63) is 40.9 Å². The van der Waals surface area contributed by atoms with Crippen molar-refractivity contribution in [2.24, 2.45) is 0 Å². The molecule has 9 heteroatoms. The molecule has 2 aromatic heterocycles. The summed E-state index contributed by atoms with van der Waals surface area (Å²) in [6, 6.07) is 6.97. The van der Waals surface area contributed by atoms with Gasteiger partial charge < -0.3 is 23.5 Å². The molecule has 0 N–H and O–H groups in total.